The third-order valence-electron chi connectivity index (χ3n) is 7.86. The van der Waals surface area contributed by atoms with Crippen LogP contribution in [-0.4, -0.2) is 70.0 Å². The number of aromatic amines is 1. The van der Waals surface area contributed by atoms with E-state index in [1.807, 2.05) is 28.0 Å². The van der Waals surface area contributed by atoms with Crippen molar-refractivity contribution in [2.24, 2.45) is 5.92 Å². The van der Waals surface area contributed by atoms with E-state index >= 15 is 0 Å². The Morgan fingerprint density at radius 3 is 2.59 bits per heavy atom. The number of pyridine rings is 1. The molecule has 3 aliphatic rings. The van der Waals surface area contributed by atoms with Gasteiger partial charge >= 0.3 is 0 Å². The minimum absolute atomic E-state index is 0.0303. The molecular formula is C26H28N4O4. The van der Waals surface area contributed by atoms with Crippen LogP contribution in [0.4, 0.5) is 0 Å². The first kappa shape index (κ1) is 21.2. The van der Waals surface area contributed by atoms with E-state index in [1.54, 1.807) is 31.6 Å². The molecule has 2 aliphatic heterocycles. The maximum Gasteiger partial charge on any atom is 0.254 e. The van der Waals surface area contributed by atoms with Crippen molar-refractivity contribution in [2.75, 3.05) is 33.4 Å². The molecule has 6 rings (SSSR count). The van der Waals surface area contributed by atoms with Crippen LogP contribution in [0.15, 0.2) is 42.7 Å². The average molecular weight is 461 g/mol. The Morgan fingerprint density at radius 1 is 1.18 bits per heavy atom. The van der Waals surface area contributed by atoms with Gasteiger partial charge in [-0.2, -0.15) is 0 Å². The summed E-state index contributed by atoms with van der Waals surface area (Å²) in [6.45, 7) is 1.39. The minimum atomic E-state index is -0.419. The molecule has 0 bridgehead atoms. The number of fused-ring (bicyclic) bond motifs is 4. The van der Waals surface area contributed by atoms with Gasteiger partial charge in [-0.15, -0.1) is 0 Å². The third kappa shape index (κ3) is 3.05. The Kier molecular flexibility index (Phi) is 4.88. The molecule has 2 N–H and O–H groups in total. The van der Waals surface area contributed by atoms with Gasteiger partial charge in [-0.05, 0) is 42.7 Å². The lowest BCUT2D eigenvalue weighted by atomic mass is 9.68. The predicted molar refractivity (Wildman–Crippen MR) is 126 cm³/mol. The molecule has 8 nitrogen and oxygen atoms in total. The van der Waals surface area contributed by atoms with Crippen LogP contribution in [0.1, 0.15) is 46.9 Å². The Morgan fingerprint density at radius 2 is 1.94 bits per heavy atom. The number of amides is 2. The summed E-state index contributed by atoms with van der Waals surface area (Å²) in [5.74, 6) is 0.862. The molecule has 4 heterocycles. The number of rotatable bonds is 4. The lowest BCUT2D eigenvalue weighted by Crippen LogP contribution is -2.68. The summed E-state index contributed by atoms with van der Waals surface area (Å²) in [5, 5.41) is 11.5. The lowest BCUT2D eigenvalue weighted by molar-refractivity contribution is -0.145. The number of nitrogens with one attached hydrogen (secondary N) is 1. The maximum absolute atomic E-state index is 13.4. The molecule has 1 atom stereocenters. The van der Waals surface area contributed by atoms with Crippen molar-refractivity contribution in [3.8, 4) is 5.75 Å². The number of carbonyl (C=O) groups excluding carboxylic acids is 2. The largest absolute Gasteiger partial charge is 0.497 e. The van der Waals surface area contributed by atoms with Gasteiger partial charge in [0.25, 0.3) is 5.91 Å². The van der Waals surface area contributed by atoms with E-state index < -0.39 is 6.04 Å². The molecule has 1 aromatic carbocycles. The standard InChI is InChI=1S/C26H28N4O4/c1-34-18-5-6-19-20(11-18)28-23-21(12-31)30(25(33)16-3-2-4-16)15-26(22(19)23)13-29(14-26)24(32)17-7-9-27-10-8-17/h5-11,16,21,28,31H,2-4,12-15H2,1H3/t21-/m0/s1. The summed E-state index contributed by atoms with van der Waals surface area (Å²) in [4.78, 5) is 37.8. The Hall–Kier alpha value is -3.39. The molecule has 1 aliphatic carbocycles. The van der Waals surface area contributed by atoms with Crippen molar-refractivity contribution < 1.29 is 19.4 Å². The average Bonchev–Trinajstić information content (AvgIpc) is 3.19. The molecule has 1 saturated carbocycles. The van der Waals surface area contributed by atoms with E-state index in [1.165, 1.54) is 0 Å². The van der Waals surface area contributed by atoms with Gasteiger partial charge in [0.1, 0.15) is 5.75 Å². The van der Waals surface area contributed by atoms with E-state index in [0.717, 1.165) is 47.2 Å². The van der Waals surface area contributed by atoms with Crippen LogP contribution in [0.25, 0.3) is 10.9 Å². The monoisotopic (exact) mass is 460 g/mol. The number of aliphatic hydroxyl groups excluding tert-OH is 1. The van der Waals surface area contributed by atoms with Crippen molar-refractivity contribution in [1.29, 1.82) is 0 Å². The quantitative estimate of drug-likeness (QED) is 0.624. The molecular weight excluding hydrogens is 432 g/mol. The SMILES string of the molecule is COc1ccc2c3c([nH]c2c1)[C@H](CO)N(C(=O)C1CCC1)CC31CN(C(=O)c2ccncc2)C1. The molecule has 8 heteroatoms. The Balaban J connectivity index is 1.42. The van der Waals surface area contributed by atoms with Gasteiger partial charge in [0.15, 0.2) is 0 Å². The van der Waals surface area contributed by atoms with Crippen LogP contribution in [0.5, 0.6) is 5.75 Å². The first-order valence-electron chi connectivity index (χ1n) is 11.9. The fourth-order valence-corrected chi connectivity index (χ4v) is 5.89. The van der Waals surface area contributed by atoms with Crippen LogP contribution in [0.3, 0.4) is 0 Å². The van der Waals surface area contributed by atoms with E-state index in [2.05, 4.69) is 9.97 Å². The molecule has 34 heavy (non-hydrogen) atoms. The zero-order valence-electron chi connectivity index (χ0n) is 19.2. The number of likely N-dealkylation sites (tertiary alicyclic amines) is 1. The second-order valence-corrected chi connectivity index (χ2v) is 9.79. The molecule has 2 fully saturated rings. The van der Waals surface area contributed by atoms with Crippen LogP contribution in [-0.2, 0) is 10.2 Å². The highest BCUT2D eigenvalue weighted by molar-refractivity contribution is 5.96. The van der Waals surface area contributed by atoms with E-state index in [-0.39, 0.29) is 29.8 Å². The molecule has 176 valence electrons. The number of benzene rings is 1. The zero-order valence-corrected chi connectivity index (χ0v) is 19.2. The molecule has 1 saturated heterocycles. The number of H-pyrrole nitrogens is 1. The number of hydrogen-bond acceptors (Lipinski definition) is 5. The highest BCUT2D eigenvalue weighted by Crippen LogP contribution is 2.49. The molecule has 2 amide bonds. The summed E-state index contributed by atoms with van der Waals surface area (Å²) in [6, 6.07) is 8.96. The molecule has 0 radical (unpaired) electrons. The third-order valence-corrected chi connectivity index (χ3v) is 7.86. The smallest absolute Gasteiger partial charge is 0.254 e. The maximum atomic E-state index is 13.4. The van der Waals surface area contributed by atoms with Crippen molar-refractivity contribution in [2.45, 2.75) is 30.7 Å². The summed E-state index contributed by atoms with van der Waals surface area (Å²) in [5.41, 5.74) is 3.14. The number of aromatic nitrogens is 2. The summed E-state index contributed by atoms with van der Waals surface area (Å²) in [7, 11) is 1.63. The van der Waals surface area contributed by atoms with E-state index in [4.69, 9.17) is 4.74 Å². The number of methoxy groups -OCH3 is 1. The fraction of sp³-hybridized carbons (Fsp3) is 0.423. The second kappa shape index (κ2) is 7.84. The van der Waals surface area contributed by atoms with Gasteiger partial charge in [0, 0.05) is 66.2 Å². The highest BCUT2D eigenvalue weighted by atomic mass is 16.5. The first-order chi connectivity index (χ1) is 16.5. The van der Waals surface area contributed by atoms with Crippen molar-refractivity contribution in [3.05, 3.63) is 59.5 Å². The van der Waals surface area contributed by atoms with Crippen molar-refractivity contribution >= 4 is 22.7 Å². The van der Waals surface area contributed by atoms with Crippen LogP contribution in [0.2, 0.25) is 0 Å². The topological polar surface area (TPSA) is 98.8 Å². The van der Waals surface area contributed by atoms with Crippen LogP contribution < -0.4 is 4.74 Å². The van der Waals surface area contributed by atoms with Crippen LogP contribution >= 0.6 is 0 Å². The molecule has 0 unspecified atom stereocenters. The second-order valence-electron chi connectivity index (χ2n) is 9.79. The summed E-state index contributed by atoms with van der Waals surface area (Å²) >= 11 is 0. The number of nitrogens with zero attached hydrogens (tertiary/aromatic N) is 3. The molecule has 2 aromatic heterocycles. The van der Waals surface area contributed by atoms with Gasteiger partial charge < -0.3 is 24.6 Å². The lowest BCUT2D eigenvalue weighted by Gasteiger charge is -2.56. The number of ether oxygens (including phenoxy) is 1. The molecule has 1 spiro atoms. The highest BCUT2D eigenvalue weighted by Gasteiger charge is 2.55. The Bertz CT molecular complexity index is 1260. The number of hydrogen-bond donors (Lipinski definition) is 2. The minimum Gasteiger partial charge on any atom is -0.497 e. The van der Waals surface area contributed by atoms with Crippen molar-refractivity contribution in [3.63, 3.8) is 0 Å². The van der Waals surface area contributed by atoms with Gasteiger partial charge in [0.2, 0.25) is 5.91 Å². The predicted octanol–water partition coefficient (Wildman–Crippen LogP) is 2.64. The van der Waals surface area contributed by atoms with Crippen molar-refractivity contribution in [1.82, 2.24) is 19.8 Å². The van der Waals surface area contributed by atoms with E-state index in [0.29, 0.717) is 25.2 Å². The normalized spacial score (nSPS) is 21.2. The van der Waals surface area contributed by atoms with Gasteiger partial charge in [0.05, 0.1) is 25.2 Å². The summed E-state index contributed by atoms with van der Waals surface area (Å²) in [6.07, 6.45) is 6.14. The summed E-state index contributed by atoms with van der Waals surface area (Å²) < 4.78 is 5.42. The van der Waals surface area contributed by atoms with E-state index in [9.17, 15) is 14.7 Å². The number of aliphatic hydroxyl groups is 1. The fourth-order valence-electron chi connectivity index (χ4n) is 5.89. The number of carbonyl (C=O) groups is 2. The molecule has 3 aromatic rings. The van der Waals surface area contributed by atoms with Crippen LogP contribution in [0, 0.1) is 5.92 Å². The van der Waals surface area contributed by atoms with Gasteiger partial charge in [-0.25, -0.2) is 0 Å². The first-order valence-corrected chi connectivity index (χ1v) is 11.9. The van der Waals surface area contributed by atoms with Gasteiger partial charge in [-0.1, -0.05) is 6.42 Å². The van der Waals surface area contributed by atoms with Gasteiger partial charge in [-0.3, -0.25) is 14.6 Å². The Labute approximate surface area is 197 Å². The zero-order chi connectivity index (χ0) is 23.4.